The van der Waals surface area contributed by atoms with E-state index in [0.717, 1.165) is 42.5 Å². The first kappa shape index (κ1) is 14.6. The van der Waals surface area contributed by atoms with Crippen LogP contribution in [-0.2, 0) is 6.54 Å². The van der Waals surface area contributed by atoms with Gasteiger partial charge in [0.05, 0.1) is 17.5 Å². The molecule has 3 rings (SSSR count). The first-order valence-corrected chi connectivity index (χ1v) is 7.75. The van der Waals surface area contributed by atoms with Crippen molar-refractivity contribution in [2.45, 2.75) is 37.8 Å². The molecule has 1 aromatic carbocycles. The van der Waals surface area contributed by atoms with E-state index in [1.165, 1.54) is 0 Å². The van der Waals surface area contributed by atoms with Crippen LogP contribution in [0.1, 0.15) is 31.2 Å². The van der Waals surface area contributed by atoms with E-state index < -0.39 is 5.60 Å². The highest BCUT2D eigenvalue weighted by molar-refractivity contribution is 6.30. The Morgan fingerprint density at radius 1 is 1.33 bits per heavy atom. The van der Waals surface area contributed by atoms with Gasteiger partial charge in [0.25, 0.3) is 0 Å². The third-order valence-corrected chi connectivity index (χ3v) is 4.37. The zero-order valence-electron chi connectivity index (χ0n) is 11.9. The van der Waals surface area contributed by atoms with E-state index in [2.05, 4.69) is 15.5 Å². The maximum Gasteiger partial charge on any atom is 0.0771 e. The lowest BCUT2D eigenvalue weighted by Crippen LogP contribution is -2.37. The van der Waals surface area contributed by atoms with Gasteiger partial charge in [0.1, 0.15) is 0 Å². The number of rotatable bonds is 5. The van der Waals surface area contributed by atoms with E-state index in [1.807, 2.05) is 30.5 Å². The number of nitrogens with zero attached hydrogens (tertiary/aromatic N) is 1. The predicted molar refractivity (Wildman–Crippen MR) is 84.2 cm³/mol. The third-order valence-electron chi connectivity index (χ3n) is 4.13. The molecule has 21 heavy (non-hydrogen) atoms. The molecule has 0 radical (unpaired) electrons. The molecule has 1 aliphatic carbocycles. The summed E-state index contributed by atoms with van der Waals surface area (Å²) in [4.78, 5) is 0. The van der Waals surface area contributed by atoms with E-state index in [1.54, 1.807) is 0 Å². The number of benzene rings is 1. The lowest BCUT2D eigenvalue weighted by molar-refractivity contribution is 0.0475. The number of hydrogen-bond acceptors (Lipinski definition) is 3. The molecular weight excluding hydrogens is 286 g/mol. The topological polar surface area (TPSA) is 60.9 Å². The summed E-state index contributed by atoms with van der Waals surface area (Å²) in [5.74, 6) is 0. The highest BCUT2D eigenvalue weighted by Gasteiger charge is 2.30. The Bertz CT molecular complexity index is 605. The average Bonchev–Trinajstić information content (AvgIpc) is 3.08. The van der Waals surface area contributed by atoms with Crippen molar-refractivity contribution in [1.29, 1.82) is 0 Å². The lowest BCUT2D eigenvalue weighted by Gasteiger charge is -2.22. The summed E-state index contributed by atoms with van der Waals surface area (Å²) < 4.78 is 0. The predicted octanol–water partition coefficient (Wildman–Crippen LogP) is 3.12. The largest absolute Gasteiger partial charge is 0.389 e. The maximum absolute atomic E-state index is 10.3. The quantitative estimate of drug-likeness (QED) is 0.795. The van der Waals surface area contributed by atoms with Gasteiger partial charge in [0, 0.05) is 29.2 Å². The van der Waals surface area contributed by atoms with Gasteiger partial charge < -0.3 is 10.4 Å². The second kappa shape index (κ2) is 6.18. The van der Waals surface area contributed by atoms with Crippen LogP contribution in [-0.4, -0.2) is 27.4 Å². The molecular formula is C16H20ClN3O. The molecule has 0 spiro atoms. The molecule has 0 unspecified atom stereocenters. The van der Waals surface area contributed by atoms with Crippen LogP contribution in [0.4, 0.5) is 0 Å². The van der Waals surface area contributed by atoms with Gasteiger partial charge >= 0.3 is 0 Å². The maximum atomic E-state index is 10.3. The van der Waals surface area contributed by atoms with Crippen LogP contribution in [0.15, 0.2) is 30.5 Å². The fourth-order valence-electron chi connectivity index (χ4n) is 2.98. The van der Waals surface area contributed by atoms with E-state index in [9.17, 15) is 5.11 Å². The average molecular weight is 306 g/mol. The van der Waals surface area contributed by atoms with Crippen molar-refractivity contribution in [3.05, 3.63) is 41.0 Å². The SMILES string of the molecule is OC1(CNCc2cn[nH]c2-c2cccc(Cl)c2)CCCC1. The molecule has 2 aromatic rings. The number of aromatic amines is 1. The Morgan fingerprint density at radius 3 is 2.90 bits per heavy atom. The van der Waals surface area contributed by atoms with Crippen LogP contribution in [0.2, 0.25) is 5.02 Å². The van der Waals surface area contributed by atoms with Gasteiger partial charge in [-0.3, -0.25) is 5.10 Å². The Morgan fingerprint density at radius 2 is 2.14 bits per heavy atom. The van der Waals surface area contributed by atoms with E-state index >= 15 is 0 Å². The summed E-state index contributed by atoms with van der Waals surface area (Å²) in [6, 6.07) is 7.71. The van der Waals surface area contributed by atoms with Crippen molar-refractivity contribution in [3.63, 3.8) is 0 Å². The Kier molecular flexibility index (Phi) is 4.29. The third kappa shape index (κ3) is 3.46. The molecule has 1 aromatic heterocycles. The highest BCUT2D eigenvalue weighted by atomic mass is 35.5. The summed E-state index contributed by atoms with van der Waals surface area (Å²) in [5, 5.41) is 21.6. The Balaban J connectivity index is 1.66. The Hall–Kier alpha value is -1.36. The van der Waals surface area contributed by atoms with Crippen molar-refractivity contribution >= 4 is 11.6 Å². The van der Waals surface area contributed by atoms with Gasteiger partial charge in [-0.1, -0.05) is 36.6 Å². The molecule has 1 aliphatic rings. The summed E-state index contributed by atoms with van der Waals surface area (Å²) >= 11 is 6.04. The Labute approximate surface area is 129 Å². The van der Waals surface area contributed by atoms with Gasteiger partial charge in [0.2, 0.25) is 0 Å². The molecule has 4 nitrogen and oxygen atoms in total. The number of aromatic nitrogens is 2. The molecule has 1 fully saturated rings. The van der Waals surface area contributed by atoms with Crippen LogP contribution in [0.25, 0.3) is 11.3 Å². The standard InChI is InChI=1S/C16H20ClN3O/c17-14-5-3-4-12(8-14)15-13(10-19-20-15)9-18-11-16(21)6-1-2-7-16/h3-5,8,10,18,21H,1-2,6-7,9,11H2,(H,19,20). The van der Waals surface area contributed by atoms with Crippen LogP contribution in [0, 0.1) is 0 Å². The molecule has 1 saturated carbocycles. The van der Waals surface area contributed by atoms with Crippen LogP contribution in [0.5, 0.6) is 0 Å². The minimum atomic E-state index is -0.528. The minimum absolute atomic E-state index is 0.528. The number of hydrogen-bond donors (Lipinski definition) is 3. The van der Waals surface area contributed by atoms with Crippen LogP contribution < -0.4 is 5.32 Å². The fourth-order valence-corrected chi connectivity index (χ4v) is 3.17. The summed E-state index contributed by atoms with van der Waals surface area (Å²) in [6.45, 7) is 1.31. The van der Waals surface area contributed by atoms with Crippen molar-refractivity contribution in [3.8, 4) is 11.3 Å². The summed E-state index contributed by atoms with van der Waals surface area (Å²) in [6.07, 6.45) is 5.86. The van der Waals surface area contributed by atoms with Gasteiger partial charge in [-0.05, 0) is 25.0 Å². The number of halogens is 1. The summed E-state index contributed by atoms with van der Waals surface area (Å²) in [5.41, 5.74) is 2.55. The molecule has 0 saturated heterocycles. The van der Waals surface area contributed by atoms with Crippen LogP contribution >= 0.6 is 11.6 Å². The molecule has 5 heteroatoms. The molecule has 1 heterocycles. The van der Waals surface area contributed by atoms with E-state index in [4.69, 9.17) is 11.6 Å². The van der Waals surface area contributed by atoms with E-state index in [0.29, 0.717) is 18.1 Å². The molecule has 112 valence electrons. The van der Waals surface area contributed by atoms with Gasteiger partial charge in [-0.2, -0.15) is 5.10 Å². The van der Waals surface area contributed by atoms with Gasteiger partial charge in [-0.15, -0.1) is 0 Å². The normalized spacial score (nSPS) is 17.2. The van der Waals surface area contributed by atoms with E-state index in [-0.39, 0.29) is 0 Å². The fraction of sp³-hybridized carbons (Fsp3) is 0.438. The second-order valence-corrected chi connectivity index (χ2v) is 6.25. The van der Waals surface area contributed by atoms with Crippen molar-refractivity contribution in [1.82, 2.24) is 15.5 Å². The van der Waals surface area contributed by atoms with Crippen molar-refractivity contribution in [2.24, 2.45) is 0 Å². The number of H-pyrrole nitrogens is 1. The zero-order valence-corrected chi connectivity index (χ0v) is 12.7. The summed E-state index contributed by atoms with van der Waals surface area (Å²) in [7, 11) is 0. The first-order valence-electron chi connectivity index (χ1n) is 7.38. The minimum Gasteiger partial charge on any atom is -0.389 e. The van der Waals surface area contributed by atoms with Crippen LogP contribution in [0.3, 0.4) is 0 Å². The molecule has 0 atom stereocenters. The van der Waals surface area contributed by atoms with Crippen molar-refractivity contribution < 1.29 is 5.11 Å². The smallest absolute Gasteiger partial charge is 0.0771 e. The lowest BCUT2D eigenvalue weighted by atomic mass is 10.0. The molecule has 3 N–H and O–H groups in total. The molecule has 0 bridgehead atoms. The monoisotopic (exact) mass is 305 g/mol. The second-order valence-electron chi connectivity index (χ2n) is 5.82. The first-order chi connectivity index (χ1) is 10.2. The highest BCUT2D eigenvalue weighted by Crippen LogP contribution is 2.29. The van der Waals surface area contributed by atoms with Gasteiger partial charge in [-0.25, -0.2) is 0 Å². The number of nitrogens with one attached hydrogen (secondary N) is 2. The number of aliphatic hydroxyl groups is 1. The molecule has 0 amide bonds. The van der Waals surface area contributed by atoms with Gasteiger partial charge in [0.15, 0.2) is 0 Å². The molecule has 0 aliphatic heterocycles. The van der Waals surface area contributed by atoms with Crippen molar-refractivity contribution in [2.75, 3.05) is 6.54 Å². The zero-order chi connectivity index (χ0) is 14.7.